The number of hydrogen-bond donors (Lipinski definition) is 0. The molecule has 132 valence electrons. The molecule has 2 heterocycles. The van der Waals surface area contributed by atoms with E-state index < -0.39 is 11.6 Å². The van der Waals surface area contributed by atoms with Crippen LogP contribution in [0.3, 0.4) is 0 Å². The zero-order chi connectivity index (χ0) is 17.8. The number of carbonyl (C=O) groups is 1. The Balaban J connectivity index is 1.60. The van der Waals surface area contributed by atoms with Gasteiger partial charge in [0.25, 0.3) is 5.91 Å². The summed E-state index contributed by atoms with van der Waals surface area (Å²) >= 11 is 0. The predicted octanol–water partition coefficient (Wildman–Crippen LogP) is 3.08. The molecule has 1 saturated heterocycles. The minimum absolute atomic E-state index is 0.150. The van der Waals surface area contributed by atoms with Gasteiger partial charge in [-0.1, -0.05) is 6.07 Å². The molecule has 1 aromatic carbocycles. The third-order valence-corrected chi connectivity index (χ3v) is 4.67. The average Bonchev–Trinajstić information content (AvgIpc) is 2.60. The fourth-order valence-electron chi connectivity index (χ4n) is 3.33. The predicted molar refractivity (Wildman–Crippen MR) is 88.7 cm³/mol. The molecule has 2 aromatic rings. The van der Waals surface area contributed by atoms with Crippen molar-refractivity contribution in [2.24, 2.45) is 5.92 Å². The van der Waals surface area contributed by atoms with E-state index in [9.17, 15) is 18.8 Å². The van der Waals surface area contributed by atoms with Crippen LogP contribution in [0, 0.1) is 22.8 Å². The molecular weight excluding hydrogens is 326 g/mol. The first-order chi connectivity index (χ1) is 12.0. The average molecular weight is 346 g/mol. The van der Waals surface area contributed by atoms with Crippen molar-refractivity contribution in [1.82, 2.24) is 4.90 Å². The summed E-state index contributed by atoms with van der Waals surface area (Å²) in [5.74, 6) is -0.977. The quantitative estimate of drug-likeness (QED) is 0.631. The van der Waals surface area contributed by atoms with E-state index in [1.807, 2.05) is 0 Å². The first-order valence-corrected chi connectivity index (χ1v) is 8.45. The maximum absolute atomic E-state index is 13.7. The Morgan fingerprint density at radius 1 is 1.32 bits per heavy atom. The molecule has 0 saturated carbocycles. The van der Waals surface area contributed by atoms with E-state index in [4.69, 9.17) is 0 Å². The van der Waals surface area contributed by atoms with E-state index >= 15 is 0 Å². The number of aryl methyl sites for hydroxylation is 1. The van der Waals surface area contributed by atoms with Crippen molar-refractivity contribution in [3.8, 4) is 0 Å². The number of benzene rings is 1. The van der Waals surface area contributed by atoms with Crippen molar-refractivity contribution in [2.75, 3.05) is 13.1 Å². The van der Waals surface area contributed by atoms with E-state index in [2.05, 4.69) is 0 Å². The van der Waals surface area contributed by atoms with E-state index in [1.165, 1.54) is 24.5 Å². The fourth-order valence-corrected chi connectivity index (χ4v) is 3.33. The van der Waals surface area contributed by atoms with Gasteiger partial charge in [-0.3, -0.25) is 4.79 Å². The van der Waals surface area contributed by atoms with Gasteiger partial charge in [0.15, 0.2) is 12.4 Å². The number of halogens is 2. The Morgan fingerprint density at radius 2 is 2.16 bits per heavy atom. The fraction of sp³-hybridized carbons (Fsp3) is 0.368. The number of amides is 1. The molecular formula is C19H20F2N2O2. The van der Waals surface area contributed by atoms with Crippen LogP contribution in [0.4, 0.5) is 8.78 Å². The molecule has 0 spiro atoms. The summed E-state index contributed by atoms with van der Waals surface area (Å²) in [4.78, 5) is 14.3. The summed E-state index contributed by atoms with van der Waals surface area (Å²) in [5, 5.41) is 11.3. The second kappa shape index (κ2) is 7.59. The summed E-state index contributed by atoms with van der Waals surface area (Å²) < 4.78 is 27.3. The molecule has 1 unspecified atom stereocenters. The van der Waals surface area contributed by atoms with E-state index in [0.29, 0.717) is 35.4 Å². The van der Waals surface area contributed by atoms with Gasteiger partial charge in [0.2, 0.25) is 0 Å². The number of rotatable bonds is 4. The molecule has 6 heteroatoms. The van der Waals surface area contributed by atoms with Crippen molar-refractivity contribution in [3.63, 3.8) is 0 Å². The number of pyridine rings is 1. The van der Waals surface area contributed by atoms with Crippen LogP contribution in [0.1, 0.15) is 35.2 Å². The highest BCUT2D eigenvalue weighted by molar-refractivity contribution is 5.93. The lowest BCUT2D eigenvalue weighted by atomic mass is 9.91. The number of nitrogens with zero attached hydrogens (tertiary/aromatic N) is 2. The SMILES string of the molecule is O=C(c1ccc[n+]([O-])c1)N1CCCC(CCc2ccc(F)cc2F)C1. The van der Waals surface area contributed by atoms with Crippen LogP contribution in [0.2, 0.25) is 0 Å². The topological polar surface area (TPSA) is 47.2 Å². The molecule has 1 fully saturated rings. The molecule has 0 aliphatic carbocycles. The Labute approximate surface area is 145 Å². The van der Waals surface area contributed by atoms with Gasteiger partial charge in [0.05, 0.1) is 0 Å². The zero-order valence-electron chi connectivity index (χ0n) is 13.8. The largest absolute Gasteiger partial charge is 0.619 e. The van der Waals surface area contributed by atoms with Crippen molar-refractivity contribution < 1.29 is 18.3 Å². The summed E-state index contributed by atoms with van der Waals surface area (Å²) in [6.45, 7) is 1.25. The van der Waals surface area contributed by atoms with E-state index in [0.717, 1.165) is 25.3 Å². The number of aromatic nitrogens is 1. The van der Waals surface area contributed by atoms with E-state index in [-0.39, 0.29) is 11.8 Å². The van der Waals surface area contributed by atoms with Gasteiger partial charge in [-0.25, -0.2) is 8.78 Å². The molecule has 0 bridgehead atoms. The van der Waals surface area contributed by atoms with Crippen LogP contribution in [-0.2, 0) is 6.42 Å². The first kappa shape index (κ1) is 17.3. The second-order valence-electron chi connectivity index (χ2n) is 6.49. The van der Waals surface area contributed by atoms with Crippen LogP contribution >= 0.6 is 0 Å². The molecule has 1 atom stereocenters. The number of carbonyl (C=O) groups excluding carboxylic acids is 1. The van der Waals surface area contributed by atoms with Gasteiger partial charge in [0, 0.05) is 25.2 Å². The van der Waals surface area contributed by atoms with Gasteiger partial charge in [-0.15, -0.1) is 0 Å². The first-order valence-electron chi connectivity index (χ1n) is 8.45. The van der Waals surface area contributed by atoms with E-state index in [1.54, 1.807) is 17.0 Å². The minimum Gasteiger partial charge on any atom is -0.619 e. The molecule has 25 heavy (non-hydrogen) atoms. The lowest BCUT2D eigenvalue weighted by Gasteiger charge is -2.32. The molecule has 0 N–H and O–H groups in total. The lowest BCUT2D eigenvalue weighted by molar-refractivity contribution is -0.605. The molecule has 0 radical (unpaired) electrons. The van der Waals surface area contributed by atoms with Crippen molar-refractivity contribution in [3.05, 3.63) is 70.7 Å². The summed E-state index contributed by atoms with van der Waals surface area (Å²) in [5.41, 5.74) is 0.878. The van der Waals surface area contributed by atoms with Gasteiger partial charge in [-0.05, 0) is 49.3 Å². The Hall–Kier alpha value is -2.50. The highest BCUT2D eigenvalue weighted by Gasteiger charge is 2.25. The molecule has 1 amide bonds. The number of piperidine rings is 1. The highest BCUT2D eigenvalue weighted by Crippen LogP contribution is 2.23. The Morgan fingerprint density at radius 3 is 2.92 bits per heavy atom. The van der Waals surface area contributed by atoms with Gasteiger partial charge >= 0.3 is 0 Å². The normalized spacial score (nSPS) is 17.5. The summed E-state index contributed by atoms with van der Waals surface area (Å²) in [6, 6.07) is 6.84. The maximum atomic E-state index is 13.7. The summed E-state index contributed by atoms with van der Waals surface area (Å²) in [7, 11) is 0. The van der Waals surface area contributed by atoms with Crippen molar-refractivity contribution in [1.29, 1.82) is 0 Å². The van der Waals surface area contributed by atoms with Crippen LogP contribution < -0.4 is 4.73 Å². The third-order valence-electron chi connectivity index (χ3n) is 4.67. The molecule has 3 rings (SSSR count). The number of likely N-dealkylation sites (tertiary alicyclic amines) is 1. The molecule has 1 aliphatic rings. The molecule has 1 aliphatic heterocycles. The van der Waals surface area contributed by atoms with Crippen molar-refractivity contribution in [2.45, 2.75) is 25.7 Å². The van der Waals surface area contributed by atoms with Gasteiger partial charge in [-0.2, -0.15) is 4.73 Å². The van der Waals surface area contributed by atoms with Crippen LogP contribution in [-0.4, -0.2) is 23.9 Å². The zero-order valence-corrected chi connectivity index (χ0v) is 13.8. The van der Waals surface area contributed by atoms with Gasteiger partial charge in [0.1, 0.15) is 17.2 Å². The van der Waals surface area contributed by atoms with Gasteiger partial charge < -0.3 is 10.1 Å². The molecule has 4 nitrogen and oxygen atoms in total. The molecule has 1 aromatic heterocycles. The van der Waals surface area contributed by atoms with Crippen LogP contribution in [0.15, 0.2) is 42.7 Å². The van der Waals surface area contributed by atoms with Crippen molar-refractivity contribution >= 4 is 5.91 Å². The maximum Gasteiger partial charge on any atom is 0.259 e. The summed E-state index contributed by atoms with van der Waals surface area (Å²) in [6.07, 6.45) is 5.73. The van der Waals surface area contributed by atoms with Crippen LogP contribution in [0.25, 0.3) is 0 Å². The Kier molecular flexibility index (Phi) is 5.26. The highest BCUT2D eigenvalue weighted by atomic mass is 19.1. The monoisotopic (exact) mass is 346 g/mol. The minimum atomic E-state index is -0.575. The third kappa shape index (κ3) is 4.32. The van der Waals surface area contributed by atoms with Crippen LogP contribution in [0.5, 0.6) is 0 Å². The second-order valence-corrected chi connectivity index (χ2v) is 6.49. The standard InChI is InChI=1S/C19H20F2N2O2/c20-17-8-7-15(18(21)11-17)6-5-14-3-1-9-22(12-14)19(24)16-4-2-10-23(25)13-16/h2,4,7-8,10-11,13-14H,1,3,5-6,9,12H2. The lowest BCUT2D eigenvalue weighted by Crippen LogP contribution is -2.41. The Bertz CT molecular complexity index is 767. The smallest absolute Gasteiger partial charge is 0.259 e. The number of hydrogen-bond acceptors (Lipinski definition) is 2.